The summed E-state index contributed by atoms with van der Waals surface area (Å²) in [5, 5.41) is 0. The molecular formula is C5H13Cl3O5P2. The lowest BCUT2D eigenvalue weighted by atomic mass is 10.9. The quantitative estimate of drug-likeness (QED) is 0.691. The van der Waals surface area contributed by atoms with Crippen LogP contribution < -0.4 is 0 Å². The second-order valence-corrected chi connectivity index (χ2v) is 8.87. The molecule has 0 aromatic rings. The summed E-state index contributed by atoms with van der Waals surface area (Å²) in [6.07, 6.45) is -3.22. The molecule has 0 aliphatic heterocycles. The Balaban J connectivity index is 0. The molecule has 0 N–H and O–H groups in total. The lowest BCUT2D eigenvalue weighted by Crippen LogP contribution is -1.83. The van der Waals surface area contributed by atoms with E-state index in [1.807, 2.05) is 0 Å². The first-order valence-electron chi connectivity index (χ1n) is 3.82. The van der Waals surface area contributed by atoms with Crippen molar-refractivity contribution in [2.45, 2.75) is 13.8 Å². The van der Waals surface area contributed by atoms with Crippen LogP contribution >= 0.6 is 46.7 Å². The Morgan fingerprint density at radius 2 is 1.40 bits per heavy atom. The van der Waals surface area contributed by atoms with Gasteiger partial charge in [-0.3, -0.25) is 9.09 Å². The molecule has 0 aliphatic carbocycles. The fourth-order valence-corrected chi connectivity index (χ4v) is 1.95. The molecule has 0 aromatic carbocycles. The smallest absolute Gasteiger partial charge is 0.307 e. The summed E-state index contributed by atoms with van der Waals surface area (Å²) in [4.78, 5) is 0. The van der Waals surface area contributed by atoms with Crippen molar-refractivity contribution < 1.29 is 22.7 Å². The lowest BCUT2D eigenvalue weighted by Gasteiger charge is -2.04. The van der Waals surface area contributed by atoms with Crippen LogP contribution in [0.4, 0.5) is 0 Å². The highest BCUT2D eigenvalue weighted by Crippen LogP contribution is 2.57. The van der Waals surface area contributed by atoms with Crippen molar-refractivity contribution in [2.75, 3.05) is 20.3 Å². The Kier molecular flexibility index (Phi) is 11.5. The lowest BCUT2D eigenvalue weighted by molar-refractivity contribution is 0.260. The van der Waals surface area contributed by atoms with Gasteiger partial charge in [0.25, 0.3) is 0 Å². The van der Waals surface area contributed by atoms with Crippen molar-refractivity contribution in [3.05, 3.63) is 0 Å². The van der Waals surface area contributed by atoms with E-state index in [4.69, 9.17) is 33.7 Å². The number of rotatable bonds is 5. The molecule has 1 atom stereocenters. The van der Waals surface area contributed by atoms with Crippen molar-refractivity contribution in [3.8, 4) is 0 Å². The van der Waals surface area contributed by atoms with Gasteiger partial charge in [0.1, 0.15) is 0 Å². The van der Waals surface area contributed by atoms with Crippen molar-refractivity contribution in [2.24, 2.45) is 0 Å². The van der Waals surface area contributed by atoms with Crippen LogP contribution in [0.1, 0.15) is 13.8 Å². The molecule has 0 fully saturated rings. The third-order valence-corrected chi connectivity index (χ3v) is 3.63. The monoisotopic (exact) mass is 320 g/mol. The fourth-order valence-electron chi connectivity index (χ4n) is 0.357. The predicted molar refractivity (Wildman–Crippen MR) is 63.0 cm³/mol. The Morgan fingerprint density at radius 3 is 1.47 bits per heavy atom. The van der Waals surface area contributed by atoms with Gasteiger partial charge >= 0.3 is 13.0 Å². The first-order valence-corrected chi connectivity index (χ1v) is 9.70. The third-order valence-electron chi connectivity index (χ3n) is 0.781. The molecule has 0 saturated carbocycles. The summed E-state index contributed by atoms with van der Waals surface area (Å²) in [5.74, 6) is 0. The fraction of sp³-hybridized carbons (Fsp3) is 1.00. The van der Waals surface area contributed by atoms with Crippen LogP contribution in [0.25, 0.3) is 0 Å². The molecular weight excluding hydrogens is 308 g/mol. The SMILES string of the molecule is CCOP(=O)(Cl)Cl.CCOP(=O)(Cl)OC. The minimum Gasteiger partial charge on any atom is -0.307 e. The molecule has 0 saturated heterocycles. The van der Waals surface area contributed by atoms with E-state index in [9.17, 15) is 9.13 Å². The van der Waals surface area contributed by atoms with Crippen molar-refractivity contribution >= 4 is 46.7 Å². The van der Waals surface area contributed by atoms with Gasteiger partial charge in [-0.05, 0) is 36.3 Å². The van der Waals surface area contributed by atoms with Crippen LogP contribution in [0.2, 0.25) is 0 Å². The van der Waals surface area contributed by atoms with Crippen LogP contribution in [0.3, 0.4) is 0 Å². The number of hydrogen-bond acceptors (Lipinski definition) is 5. The maximum Gasteiger partial charge on any atom is 0.423 e. The van der Waals surface area contributed by atoms with Crippen LogP contribution in [0.15, 0.2) is 0 Å². The van der Waals surface area contributed by atoms with Gasteiger partial charge in [0.15, 0.2) is 0 Å². The normalized spacial score (nSPS) is 15.1. The highest BCUT2D eigenvalue weighted by Gasteiger charge is 2.15. The average molecular weight is 321 g/mol. The summed E-state index contributed by atoms with van der Waals surface area (Å²) in [6, 6.07) is 0. The Morgan fingerprint density at radius 1 is 1.00 bits per heavy atom. The first kappa shape index (κ1) is 18.6. The van der Waals surface area contributed by atoms with E-state index in [1.54, 1.807) is 13.8 Å². The summed E-state index contributed by atoms with van der Waals surface area (Å²) in [5.41, 5.74) is 0. The van der Waals surface area contributed by atoms with E-state index >= 15 is 0 Å². The van der Waals surface area contributed by atoms with E-state index in [-0.39, 0.29) is 6.61 Å². The highest BCUT2D eigenvalue weighted by molar-refractivity contribution is 8.05. The highest BCUT2D eigenvalue weighted by atomic mass is 35.9. The second kappa shape index (κ2) is 9.26. The van der Waals surface area contributed by atoms with Gasteiger partial charge in [-0.25, -0.2) is 4.57 Å². The summed E-state index contributed by atoms with van der Waals surface area (Å²) in [6.45, 7) is 0.734. The van der Waals surface area contributed by atoms with Gasteiger partial charge in [-0.2, -0.15) is 0 Å². The van der Waals surface area contributed by atoms with Crippen LogP contribution in [0.5, 0.6) is 0 Å². The van der Waals surface area contributed by atoms with Gasteiger partial charge in [0, 0.05) is 18.4 Å². The Hall–Kier alpha value is 1.21. The molecule has 0 amide bonds. The molecule has 0 spiro atoms. The Bertz CT molecular complexity index is 243. The first-order chi connectivity index (χ1) is 6.68. The average Bonchev–Trinajstić information content (AvgIpc) is 2.03. The molecule has 0 heterocycles. The second-order valence-electron chi connectivity index (χ2n) is 1.86. The van der Waals surface area contributed by atoms with Gasteiger partial charge in [-0.15, -0.1) is 0 Å². The zero-order valence-corrected chi connectivity index (χ0v) is 12.5. The van der Waals surface area contributed by atoms with E-state index in [0.29, 0.717) is 6.61 Å². The van der Waals surface area contributed by atoms with Crippen molar-refractivity contribution in [1.29, 1.82) is 0 Å². The maximum atomic E-state index is 10.5. The molecule has 10 heteroatoms. The minimum absolute atomic E-state index is 0.282. The Labute approximate surface area is 104 Å². The minimum atomic E-state index is -3.22. The zero-order chi connectivity index (χ0) is 12.5. The number of hydrogen-bond donors (Lipinski definition) is 0. The van der Waals surface area contributed by atoms with Gasteiger partial charge in [0.05, 0.1) is 13.2 Å². The van der Waals surface area contributed by atoms with E-state index < -0.39 is 13.0 Å². The molecule has 0 bridgehead atoms. The van der Waals surface area contributed by atoms with E-state index in [2.05, 4.69) is 13.6 Å². The summed E-state index contributed by atoms with van der Waals surface area (Å²) in [7, 11) is 1.24. The standard InChI is InChI=1S/C3H8ClO3P.C2H5Cl2O2P/c1-3-7-8(4,5)6-2;1-2-6-7(3,4)5/h3H2,1-2H3;2H2,1H3. The topological polar surface area (TPSA) is 61.8 Å². The van der Waals surface area contributed by atoms with E-state index in [0.717, 1.165) is 0 Å². The molecule has 94 valence electrons. The zero-order valence-electron chi connectivity index (χ0n) is 8.48. The third kappa shape index (κ3) is 17.8. The molecule has 1 unspecified atom stereocenters. The summed E-state index contributed by atoms with van der Waals surface area (Å²) >= 11 is 15.0. The molecule has 5 nitrogen and oxygen atoms in total. The van der Waals surface area contributed by atoms with Crippen LogP contribution in [-0.2, 0) is 22.7 Å². The molecule has 0 aliphatic rings. The van der Waals surface area contributed by atoms with Crippen LogP contribution in [0, 0.1) is 0 Å². The molecule has 15 heavy (non-hydrogen) atoms. The van der Waals surface area contributed by atoms with Gasteiger partial charge in [-0.1, -0.05) is 0 Å². The molecule has 0 rings (SSSR count). The van der Waals surface area contributed by atoms with Crippen molar-refractivity contribution in [1.82, 2.24) is 0 Å². The summed E-state index contributed by atoms with van der Waals surface area (Å²) < 4.78 is 33.7. The largest absolute Gasteiger partial charge is 0.423 e. The van der Waals surface area contributed by atoms with Gasteiger partial charge < -0.3 is 9.05 Å². The van der Waals surface area contributed by atoms with Crippen LogP contribution in [-0.4, -0.2) is 20.3 Å². The molecule has 0 radical (unpaired) electrons. The number of halogens is 3. The van der Waals surface area contributed by atoms with Crippen molar-refractivity contribution in [3.63, 3.8) is 0 Å². The van der Waals surface area contributed by atoms with Gasteiger partial charge in [0.2, 0.25) is 0 Å². The predicted octanol–water partition coefficient (Wildman–Crippen LogP) is 4.62. The molecule has 0 aromatic heterocycles. The maximum absolute atomic E-state index is 10.5. The van der Waals surface area contributed by atoms with E-state index in [1.165, 1.54) is 7.11 Å².